The minimum Gasteiger partial charge on any atom is -0.439 e. The van der Waals surface area contributed by atoms with Gasteiger partial charge in [0.05, 0.1) is 11.7 Å². The maximum atomic E-state index is 12.9. The molecule has 0 amide bonds. The Morgan fingerprint density at radius 1 is 1.03 bits per heavy atom. The van der Waals surface area contributed by atoms with Crippen LogP contribution in [0.2, 0.25) is 0 Å². The molecule has 0 aliphatic carbocycles. The summed E-state index contributed by atoms with van der Waals surface area (Å²) in [6, 6.07) is 13.1. The van der Waals surface area contributed by atoms with Crippen LogP contribution in [0.1, 0.15) is 11.6 Å². The molecule has 1 N–H and O–H groups in total. The minimum atomic E-state index is -3.84. The molecule has 0 saturated heterocycles. The second-order valence-electron chi connectivity index (χ2n) is 7.08. The Morgan fingerprint density at radius 2 is 1.85 bits per heavy atom. The van der Waals surface area contributed by atoms with Crippen LogP contribution in [0.4, 0.5) is 5.69 Å². The van der Waals surface area contributed by atoms with E-state index in [1.54, 1.807) is 55.6 Å². The number of aryl methyl sites for hydroxylation is 2. The smallest absolute Gasteiger partial charge is 0.264 e. The van der Waals surface area contributed by atoms with Gasteiger partial charge in [0.25, 0.3) is 10.0 Å². The van der Waals surface area contributed by atoms with Crippen LogP contribution in [0.5, 0.6) is 11.6 Å². The quantitative estimate of drug-likeness (QED) is 0.389. The van der Waals surface area contributed by atoms with Crippen LogP contribution < -0.4 is 9.46 Å². The summed E-state index contributed by atoms with van der Waals surface area (Å²) in [5.41, 5.74) is 1.27. The third kappa shape index (κ3) is 4.25. The first-order chi connectivity index (χ1) is 15.9. The van der Waals surface area contributed by atoms with Gasteiger partial charge in [0.2, 0.25) is 5.88 Å². The molecule has 2 aromatic carbocycles. The molecule has 0 aliphatic rings. The van der Waals surface area contributed by atoms with E-state index in [-0.39, 0.29) is 4.90 Å². The highest BCUT2D eigenvalue weighted by atomic mass is 32.2. The lowest BCUT2D eigenvalue weighted by atomic mass is 10.3. The first-order valence-electron chi connectivity index (χ1n) is 9.77. The van der Waals surface area contributed by atoms with Crippen LogP contribution in [0.25, 0.3) is 16.9 Å². The molecule has 3 heterocycles. The van der Waals surface area contributed by atoms with Crippen molar-refractivity contribution in [2.24, 2.45) is 0 Å². The number of aromatic nitrogens is 6. The van der Waals surface area contributed by atoms with Crippen molar-refractivity contribution in [3.8, 4) is 17.4 Å². The lowest BCUT2D eigenvalue weighted by Gasteiger charge is -2.11. The Morgan fingerprint density at radius 3 is 2.61 bits per heavy atom. The average molecular weight is 480 g/mol. The zero-order chi connectivity index (χ0) is 23.0. The topological polar surface area (TPSA) is 125 Å². The molecule has 0 spiro atoms. The number of anilines is 1. The fraction of sp³-hybridized carbons (Fsp3) is 0.0952. The lowest BCUT2D eigenvalue weighted by Crippen LogP contribution is -2.13. The molecular formula is C21H17N7O3S2. The number of rotatable bonds is 6. The molecule has 0 aliphatic heterocycles. The van der Waals surface area contributed by atoms with Crippen LogP contribution in [-0.4, -0.2) is 36.7 Å². The van der Waals surface area contributed by atoms with E-state index in [4.69, 9.17) is 4.74 Å². The first kappa shape index (κ1) is 21.0. The summed E-state index contributed by atoms with van der Waals surface area (Å²) >= 11 is 0.970. The number of nitrogens with one attached hydrogen (secondary N) is 1. The zero-order valence-corrected chi connectivity index (χ0v) is 19.1. The van der Waals surface area contributed by atoms with E-state index in [2.05, 4.69) is 28.4 Å². The molecule has 12 heteroatoms. The van der Waals surface area contributed by atoms with Gasteiger partial charge in [-0.2, -0.15) is 13.7 Å². The van der Waals surface area contributed by atoms with E-state index in [1.807, 2.05) is 17.7 Å². The molecule has 0 saturated carbocycles. The Bertz CT molecular complexity index is 1560. The standard InChI is InChI=1S/C21H17N7O3S2/c1-13-23-19(28-11-10-22-14(28)2)12-20(24-13)31-16-8-6-15(7-9-16)27-33(29,30)18-5-3-4-17-21(18)26-32-25-17/h3-12,27H,1-2H3. The Balaban J connectivity index is 1.36. The van der Waals surface area contributed by atoms with Crippen molar-refractivity contribution in [1.29, 1.82) is 0 Å². The van der Waals surface area contributed by atoms with E-state index in [9.17, 15) is 8.42 Å². The summed E-state index contributed by atoms with van der Waals surface area (Å²) in [5.74, 6) is 2.84. The molecule has 33 heavy (non-hydrogen) atoms. The molecule has 0 atom stereocenters. The summed E-state index contributed by atoms with van der Waals surface area (Å²) < 4.78 is 44.2. The fourth-order valence-corrected chi connectivity index (χ4v) is 5.07. The van der Waals surface area contributed by atoms with Crippen molar-refractivity contribution < 1.29 is 13.2 Å². The van der Waals surface area contributed by atoms with Crippen molar-refractivity contribution in [2.45, 2.75) is 18.7 Å². The number of sulfonamides is 1. The van der Waals surface area contributed by atoms with Crippen LogP contribution in [0.3, 0.4) is 0 Å². The minimum absolute atomic E-state index is 0.0767. The van der Waals surface area contributed by atoms with Gasteiger partial charge in [0.15, 0.2) is 0 Å². The number of benzene rings is 2. The number of hydrogen-bond donors (Lipinski definition) is 1. The number of hydrogen-bond acceptors (Lipinski definition) is 9. The molecular weight excluding hydrogens is 462 g/mol. The van der Waals surface area contributed by atoms with Gasteiger partial charge >= 0.3 is 0 Å². The summed E-state index contributed by atoms with van der Waals surface area (Å²) in [7, 11) is -3.84. The van der Waals surface area contributed by atoms with Gasteiger partial charge in [-0.3, -0.25) is 9.29 Å². The van der Waals surface area contributed by atoms with Crippen LogP contribution in [-0.2, 0) is 10.0 Å². The number of nitrogens with zero attached hydrogens (tertiary/aromatic N) is 6. The van der Waals surface area contributed by atoms with Crippen molar-refractivity contribution >= 4 is 38.5 Å². The monoisotopic (exact) mass is 479 g/mol. The highest BCUT2D eigenvalue weighted by molar-refractivity contribution is 7.93. The highest BCUT2D eigenvalue weighted by Gasteiger charge is 2.19. The van der Waals surface area contributed by atoms with Gasteiger partial charge < -0.3 is 4.74 Å². The van der Waals surface area contributed by atoms with Crippen molar-refractivity contribution in [2.75, 3.05) is 4.72 Å². The molecule has 10 nitrogen and oxygen atoms in total. The van der Waals surface area contributed by atoms with Crippen LogP contribution >= 0.6 is 11.7 Å². The van der Waals surface area contributed by atoms with E-state index in [0.717, 1.165) is 17.6 Å². The van der Waals surface area contributed by atoms with E-state index >= 15 is 0 Å². The summed E-state index contributed by atoms with van der Waals surface area (Å²) in [6.45, 7) is 3.65. The SMILES string of the molecule is Cc1nc(Oc2ccc(NS(=O)(=O)c3cccc4nsnc34)cc2)cc(-n2ccnc2C)n1. The molecule has 0 unspecified atom stereocenters. The Kier molecular flexibility index (Phi) is 5.23. The first-order valence-corrected chi connectivity index (χ1v) is 12.0. The third-order valence-corrected chi connectivity index (χ3v) is 6.70. The molecule has 166 valence electrons. The van der Waals surface area contributed by atoms with Gasteiger partial charge in [-0.15, -0.1) is 0 Å². The van der Waals surface area contributed by atoms with Crippen LogP contribution in [0.15, 0.2) is 65.8 Å². The lowest BCUT2D eigenvalue weighted by molar-refractivity contribution is 0.459. The van der Waals surface area contributed by atoms with Gasteiger partial charge in [-0.25, -0.2) is 18.4 Å². The highest BCUT2D eigenvalue weighted by Crippen LogP contribution is 2.26. The largest absolute Gasteiger partial charge is 0.439 e. The normalized spacial score (nSPS) is 11.6. The predicted molar refractivity (Wildman–Crippen MR) is 123 cm³/mol. The molecule has 5 aromatic rings. The maximum Gasteiger partial charge on any atom is 0.264 e. The Hall–Kier alpha value is -3.90. The molecule has 3 aromatic heterocycles. The third-order valence-electron chi connectivity index (χ3n) is 4.74. The van der Waals surface area contributed by atoms with Crippen molar-refractivity contribution in [1.82, 2.24) is 28.3 Å². The maximum absolute atomic E-state index is 12.9. The average Bonchev–Trinajstić information content (AvgIpc) is 3.43. The summed E-state index contributed by atoms with van der Waals surface area (Å²) in [4.78, 5) is 13.0. The van der Waals surface area contributed by atoms with Crippen LogP contribution in [0, 0.1) is 13.8 Å². The van der Waals surface area contributed by atoms with Gasteiger partial charge in [-0.1, -0.05) is 6.07 Å². The molecule has 0 radical (unpaired) electrons. The second-order valence-corrected chi connectivity index (χ2v) is 9.26. The fourth-order valence-electron chi connectivity index (χ4n) is 3.24. The second kappa shape index (κ2) is 8.22. The van der Waals surface area contributed by atoms with E-state index in [1.165, 1.54) is 6.07 Å². The molecule has 0 bridgehead atoms. The van der Waals surface area contributed by atoms with E-state index < -0.39 is 10.0 Å². The number of imidazole rings is 1. The van der Waals surface area contributed by atoms with Gasteiger partial charge in [0.1, 0.15) is 39.1 Å². The number of ether oxygens (including phenoxy) is 1. The van der Waals surface area contributed by atoms with Gasteiger partial charge in [-0.05, 0) is 50.2 Å². The van der Waals surface area contributed by atoms with Crippen molar-refractivity contribution in [3.63, 3.8) is 0 Å². The van der Waals surface area contributed by atoms with Crippen molar-refractivity contribution in [3.05, 3.63) is 72.6 Å². The van der Waals surface area contributed by atoms with E-state index in [0.29, 0.717) is 40.0 Å². The summed E-state index contributed by atoms with van der Waals surface area (Å²) in [5, 5.41) is 0. The Labute approximate surface area is 193 Å². The van der Waals surface area contributed by atoms with Gasteiger partial charge in [0, 0.05) is 24.1 Å². The molecule has 5 rings (SSSR count). The zero-order valence-electron chi connectivity index (χ0n) is 17.5. The summed E-state index contributed by atoms with van der Waals surface area (Å²) in [6.07, 6.45) is 3.50. The number of fused-ring (bicyclic) bond motifs is 1. The molecule has 0 fully saturated rings. The predicted octanol–water partition coefficient (Wildman–Crippen LogP) is 3.88.